The van der Waals surface area contributed by atoms with E-state index in [0.29, 0.717) is 11.3 Å². The quantitative estimate of drug-likeness (QED) is 0.207. The van der Waals surface area contributed by atoms with Crippen LogP contribution in [0.3, 0.4) is 0 Å². The standard InChI is InChI=1S/C24H22N2O6/c1-30-22-14-12-19(13-15-22)16-25-32-24(18-26(28)29,21-10-6-3-7-11-21)23(27)31-17-20-8-4-2-5-9-20/h2-16H,17-18H2,1H3/b25-16-/t24-/m1/s1. The van der Waals surface area contributed by atoms with Gasteiger partial charge in [0.1, 0.15) is 12.4 Å². The van der Waals surface area contributed by atoms with Crippen molar-refractivity contribution in [3.8, 4) is 5.75 Å². The van der Waals surface area contributed by atoms with Gasteiger partial charge in [0, 0.05) is 10.5 Å². The fourth-order valence-corrected chi connectivity index (χ4v) is 2.99. The number of oxime groups is 1. The molecule has 0 aliphatic carbocycles. The van der Waals surface area contributed by atoms with Gasteiger partial charge in [-0.1, -0.05) is 65.8 Å². The zero-order chi connectivity index (χ0) is 22.8. The molecule has 0 saturated heterocycles. The Morgan fingerprint density at radius 3 is 2.22 bits per heavy atom. The second kappa shape index (κ2) is 10.7. The number of nitro groups is 1. The molecule has 1 atom stereocenters. The number of hydrogen-bond donors (Lipinski definition) is 0. The third-order valence-corrected chi connectivity index (χ3v) is 4.66. The molecule has 164 valence electrons. The maximum absolute atomic E-state index is 13.2. The number of nitrogens with zero attached hydrogens (tertiary/aromatic N) is 2. The van der Waals surface area contributed by atoms with Crippen molar-refractivity contribution in [1.82, 2.24) is 0 Å². The molecule has 0 aliphatic rings. The molecule has 3 rings (SSSR count). The Bertz CT molecular complexity index is 1050. The smallest absolute Gasteiger partial charge is 0.365 e. The number of hydrogen-bond acceptors (Lipinski definition) is 7. The number of benzene rings is 3. The van der Waals surface area contributed by atoms with E-state index in [0.717, 1.165) is 5.56 Å². The lowest BCUT2D eigenvalue weighted by Gasteiger charge is -2.25. The molecule has 3 aromatic carbocycles. The van der Waals surface area contributed by atoms with E-state index in [4.69, 9.17) is 14.3 Å². The molecule has 8 heteroatoms. The van der Waals surface area contributed by atoms with Crippen LogP contribution in [0, 0.1) is 10.1 Å². The first kappa shape index (κ1) is 22.5. The molecule has 32 heavy (non-hydrogen) atoms. The molecule has 0 heterocycles. The Hall–Kier alpha value is -4.20. The molecule has 8 nitrogen and oxygen atoms in total. The van der Waals surface area contributed by atoms with Crippen LogP contribution in [-0.4, -0.2) is 30.8 Å². The van der Waals surface area contributed by atoms with Crippen molar-refractivity contribution >= 4 is 12.2 Å². The van der Waals surface area contributed by atoms with Gasteiger partial charge in [-0.25, -0.2) is 4.79 Å². The van der Waals surface area contributed by atoms with Gasteiger partial charge in [0.15, 0.2) is 0 Å². The van der Waals surface area contributed by atoms with Crippen LogP contribution < -0.4 is 4.74 Å². The Morgan fingerprint density at radius 2 is 1.62 bits per heavy atom. The zero-order valence-electron chi connectivity index (χ0n) is 17.4. The number of ether oxygens (including phenoxy) is 2. The maximum Gasteiger partial charge on any atom is 0.365 e. The summed E-state index contributed by atoms with van der Waals surface area (Å²) in [4.78, 5) is 29.6. The maximum atomic E-state index is 13.2. The fraction of sp³-hybridized carbons (Fsp3) is 0.167. The lowest BCUT2D eigenvalue weighted by Crippen LogP contribution is -2.45. The van der Waals surface area contributed by atoms with Crippen molar-refractivity contribution in [2.45, 2.75) is 12.2 Å². The molecule has 0 aromatic heterocycles. The summed E-state index contributed by atoms with van der Waals surface area (Å²) < 4.78 is 10.5. The Kier molecular flexibility index (Phi) is 7.53. The third-order valence-electron chi connectivity index (χ3n) is 4.66. The van der Waals surface area contributed by atoms with Gasteiger partial charge >= 0.3 is 11.6 Å². The molecular weight excluding hydrogens is 412 g/mol. The van der Waals surface area contributed by atoms with Crippen LogP contribution in [0.15, 0.2) is 90.1 Å². The summed E-state index contributed by atoms with van der Waals surface area (Å²) in [6, 6.07) is 24.1. The Balaban J connectivity index is 1.89. The topological polar surface area (TPSA) is 100 Å². The highest BCUT2D eigenvalue weighted by Gasteiger charge is 2.50. The molecule has 0 fully saturated rings. The summed E-state index contributed by atoms with van der Waals surface area (Å²) in [5, 5.41) is 15.4. The lowest BCUT2D eigenvalue weighted by molar-refractivity contribution is -0.501. The van der Waals surface area contributed by atoms with Crippen LogP contribution in [0.5, 0.6) is 5.75 Å². The fourth-order valence-electron chi connectivity index (χ4n) is 2.99. The van der Waals surface area contributed by atoms with Gasteiger partial charge in [-0.2, -0.15) is 0 Å². The third kappa shape index (κ3) is 5.69. The van der Waals surface area contributed by atoms with Crippen molar-refractivity contribution in [1.29, 1.82) is 0 Å². The minimum Gasteiger partial charge on any atom is -0.497 e. The predicted octanol–water partition coefficient (Wildman–Crippen LogP) is 3.96. The van der Waals surface area contributed by atoms with Crippen LogP contribution >= 0.6 is 0 Å². The van der Waals surface area contributed by atoms with Crippen molar-refractivity contribution in [3.05, 3.63) is 112 Å². The molecule has 0 bridgehead atoms. The minimum absolute atomic E-state index is 0.0580. The monoisotopic (exact) mass is 434 g/mol. The molecule has 0 N–H and O–H groups in total. The van der Waals surface area contributed by atoms with Gasteiger partial charge < -0.3 is 14.3 Å². The number of carbonyl (C=O) groups is 1. The zero-order valence-corrected chi connectivity index (χ0v) is 17.4. The van der Waals surface area contributed by atoms with Gasteiger partial charge in [0.05, 0.1) is 13.3 Å². The largest absolute Gasteiger partial charge is 0.497 e. The highest BCUT2D eigenvalue weighted by Crippen LogP contribution is 2.29. The minimum atomic E-state index is -2.05. The molecule has 0 saturated carbocycles. The molecule has 0 unspecified atom stereocenters. The van der Waals surface area contributed by atoms with E-state index in [-0.39, 0.29) is 12.2 Å². The van der Waals surface area contributed by atoms with Crippen molar-refractivity contribution < 1.29 is 24.0 Å². The Labute approximate surface area is 185 Å². The molecular formula is C24H22N2O6. The SMILES string of the molecule is COc1ccc(/C=N\O[C@@](C[N+](=O)[O-])(C(=O)OCc2ccccc2)c2ccccc2)cc1. The highest BCUT2D eigenvalue weighted by atomic mass is 16.7. The first-order chi connectivity index (χ1) is 15.5. The summed E-state index contributed by atoms with van der Waals surface area (Å²) in [6.07, 6.45) is 1.36. The van der Waals surface area contributed by atoms with E-state index < -0.39 is 23.0 Å². The van der Waals surface area contributed by atoms with E-state index in [1.54, 1.807) is 86.0 Å². The van der Waals surface area contributed by atoms with Crippen molar-refractivity contribution in [3.63, 3.8) is 0 Å². The first-order valence-corrected chi connectivity index (χ1v) is 9.77. The van der Waals surface area contributed by atoms with Gasteiger partial charge in [-0.05, 0) is 35.4 Å². The van der Waals surface area contributed by atoms with E-state index in [1.165, 1.54) is 6.21 Å². The van der Waals surface area contributed by atoms with Crippen molar-refractivity contribution in [2.75, 3.05) is 13.7 Å². The average Bonchev–Trinajstić information content (AvgIpc) is 2.83. The van der Waals surface area contributed by atoms with Crippen molar-refractivity contribution in [2.24, 2.45) is 5.16 Å². The summed E-state index contributed by atoms with van der Waals surface area (Å²) >= 11 is 0. The normalized spacial score (nSPS) is 12.7. The summed E-state index contributed by atoms with van der Waals surface area (Å²) in [6.45, 7) is -0.915. The second-order valence-electron chi connectivity index (χ2n) is 6.84. The number of rotatable bonds is 10. The molecule has 0 amide bonds. The molecule has 0 spiro atoms. The second-order valence-corrected chi connectivity index (χ2v) is 6.84. The van der Waals surface area contributed by atoms with E-state index >= 15 is 0 Å². The number of methoxy groups -OCH3 is 1. The van der Waals surface area contributed by atoms with E-state index in [2.05, 4.69) is 5.16 Å². The molecule has 0 radical (unpaired) electrons. The van der Waals surface area contributed by atoms with E-state index in [1.807, 2.05) is 6.07 Å². The number of esters is 1. The summed E-state index contributed by atoms with van der Waals surface area (Å²) in [5.41, 5.74) is -0.388. The molecule has 0 aliphatic heterocycles. The summed E-state index contributed by atoms with van der Waals surface area (Å²) in [7, 11) is 1.55. The Morgan fingerprint density at radius 1 is 1.00 bits per heavy atom. The van der Waals surface area contributed by atoms with Gasteiger partial charge in [-0.3, -0.25) is 10.1 Å². The van der Waals surface area contributed by atoms with Crippen LogP contribution in [0.25, 0.3) is 0 Å². The van der Waals surface area contributed by atoms with E-state index in [9.17, 15) is 14.9 Å². The van der Waals surface area contributed by atoms with Crippen LogP contribution in [0.4, 0.5) is 0 Å². The first-order valence-electron chi connectivity index (χ1n) is 9.77. The van der Waals surface area contributed by atoms with Crippen LogP contribution in [0.2, 0.25) is 0 Å². The van der Waals surface area contributed by atoms with Gasteiger partial charge in [0.25, 0.3) is 6.54 Å². The highest BCUT2D eigenvalue weighted by molar-refractivity contribution is 5.82. The average molecular weight is 434 g/mol. The number of carbonyl (C=O) groups excluding carboxylic acids is 1. The van der Waals surface area contributed by atoms with Gasteiger partial charge in [0.2, 0.25) is 0 Å². The van der Waals surface area contributed by atoms with Crippen LogP contribution in [-0.2, 0) is 26.6 Å². The van der Waals surface area contributed by atoms with Gasteiger partial charge in [-0.15, -0.1) is 0 Å². The predicted molar refractivity (Wildman–Crippen MR) is 118 cm³/mol. The van der Waals surface area contributed by atoms with Crippen LogP contribution in [0.1, 0.15) is 16.7 Å². The molecule has 3 aromatic rings. The summed E-state index contributed by atoms with van der Waals surface area (Å²) in [5.74, 6) is -0.240. The lowest BCUT2D eigenvalue weighted by atomic mass is 9.94.